The number of tetrazole rings is 1. The molecule has 0 aliphatic heterocycles. The van der Waals surface area contributed by atoms with Crippen LogP contribution in [0.5, 0.6) is 0 Å². The molecule has 0 bridgehead atoms. The van der Waals surface area contributed by atoms with E-state index in [0.29, 0.717) is 12.2 Å². The number of rotatable bonds is 2. The predicted molar refractivity (Wildman–Crippen MR) is 43.4 cm³/mol. The number of aromatic amines is 1. The summed E-state index contributed by atoms with van der Waals surface area (Å²) in [5, 5.41) is 13.3. The molecule has 0 atom stereocenters. The average molecular weight is 178 g/mol. The van der Waals surface area contributed by atoms with E-state index in [4.69, 9.17) is 0 Å². The van der Waals surface area contributed by atoms with Gasteiger partial charge in [-0.25, -0.2) is 4.39 Å². The maximum atomic E-state index is 12.7. The molecule has 2 rings (SSSR count). The number of hydrogen-bond donors (Lipinski definition) is 1. The summed E-state index contributed by atoms with van der Waals surface area (Å²) in [5.41, 5.74) is 0.835. The fraction of sp³-hybridized carbons (Fsp3) is 0.125. The molecule has 1 heterocycles. The Bertz CT molecular complexity index is 385. The second-order valence-electron chi connectivity index (χ2n) is 2.63. The molecule has 1 aromatic heterocycles. The van der Waals surface area contributed by atoms with E-state index in [1.807, 2.05) is 6.07 Å². The lowest BCUT2D eigenvalue weighted by Crippen LogP contribution is -1.91. The molecule has 0 saturated carbocycles. The second-order valence-corrected chi connectivity index (χ2v) is 2.63. The highest BCUT2D eigenvalue weighted by molar-refractivity contribution is 5.19. The fourth-order valence-corrected chi connectivity index (χ4v) is 1.09. The van der Waals surface area contributed by atoms with Crippen LogP contribution in [0.1, 0.15) is 11.4 Å². The number of hydrogen-bond acceptors (Lipinski definition) is 3. The summed E-state index contributed by atoms with van der Waals surface area (Å²) in [6.45, 7) is 0. The van der Waals surface area contributed by atoms with E-state index < -0.39 is 0 Å². The predicted octanol–water partition coefficient (Wildman–Crippen LogP) is 0.930. The van der Waals surface area contributed by atoms with Crippen molar-refractivity contribution in [3.63, 3.8) is 0 Å². The van der Waals surface area contributed by atoms with Gasteiger partial charge in [-0.2, -0.15) is 5.21 Å². The minimum Gasteiger partial charge on any atom is -0.207 e. The van der Waals surface area contributed by atoms with E-state index in [2.05, 4.69) is 20.6 Å². The SMILES string of the molecule is Fc1cccc(Cc2nn[nH]n2)c1. The minimum absolute atomic E-state index is 0.249. The van der Waals surface area contributed by atoms with Gasteiger partial charge in [0.05, 0.1) is 0 Å². The van der Waals surface area contributed by atoms with Crippen molar-refractivity contribution in [2.45, 2.75) is 6.42 Å². The van der Waals surface area contributed by atoms with Crippen molar-refractivity contribution in [3.8, 4) is 0 Å². The lowest BCUT2D eigenvalue weighted by atomic mass is 10.1. The minimum atomic E-state index is -0.249. The molecule has 13 heavy (non-hydrogen) atoms. The summed E-state index contributed by atoms with van der Waals surface area (Å²) < 4.78 is 12.7. The smallest absolute Gasteiger partial charge is 0.178 e. The van der Waals surface area contributed by atoms with Crippen molar-refractivity contribution in [2.75, 3.05) is 0 Å². The highest BCUT2D eigenvalue weighted by Crippen LogP contribution is 2.06. The zero-order valence-electron chi connectivity index (χ0n) is 6.74. The number of nitrogens with one attached hydrogen (secondary N) is 1. The average Bonchev–Trinajstić information content (AvgIpc) is 2.57. The first-order valence-electron chi connectivity index (χ1n) is 3.81. The molecule has 4 nitrogen and oxygen atoms in total. The molecule has 66 valence electrons. The summed E-state index contributed by atoms with van der Waals surface area (Å²) in [4.78, 5) is 0. The number of H-pyrrole nitrogens is 1. The Balaban J connectivity index is 2.19. The molecule has 0 aliphatic rings. The number of aromatic nitrogens is 4. The topological polar surface area (TPSA) is 54.5 Å². The Hall–Kier alpha value is -1.78. The first-order valence-corrected chi connectivity index (χ1v) is 3.81. The third-order valence-electron chi connectivity index (χ3n) is 1.64. The van der Waals surface area contributed by atoms with Crippen LogP contribution in [0.3, 0.4) is 0 Å². The van der Waals surface area contributed by atoms with E-state index in [1.165, 1.54) is 12.1 Å². The van der Waals surface area contributed by atoms with Crippen LogP contribution < -0.4 is 0 Å². The van der Waals surface area contributed by atoms with Gasteiger partial charge in [-0.3, -0.25) is 0 Å². The highest BCUT2D eigenvalue weighted by atomic mass is 19.1. The van der Waals surface area contributed by atoms with Gasteiger partial charge in [0.25, 0.3) is 0 Å². The van der Waals surface area contributed by atoms with E-state index in [0.717, 1.165) is 5.56 Å². The van der Waals surface area contributed by atoms with Gasteiger partial charge in [0.2, 0.25) is 0 Å². The van der Waals surface area contributed by atoms with Gasteiger partial charge in [-0.05, 0) is 17.7 Å². The molecular formula is C8H7FN4. The zero-order chi connectivity index (χ0) is 9.10. The Morgan fingerprint density at radius 2 is 2.31 bits per heavy atom. The standard InChI is InChI=1S/C8H7FN4/c9-7-3-1-2-6(4-7)5-8-10-12-13-11-8/h1-4H,5H2,(H,10,11,12,13). The third-order valence-corrected chi connectivity index (χ3v) is 1.64. The van der Waals surface area contributed by atoms with Crippen LogP contribution in [0.2, 0.25) is 0 Å². The van der Waals surface area contributed by atoms with Crippen molar-refractivity contribution >= 4 is 0 Å². The highest BCUT2D eigenvalue weighted by Gasteiger charge is 2.00. The quantitative estimate of drug-likeness (QED) is 0.744. The van der Waals surface area contributed by atoms with Crippen molar-refractivity contribution in [1.29, 1.82) is 0 Å². The van der Waals surface area contributed by atoms with Gasteiger partial charge in [-0.1, -0.05) is 17.3 Å². The lowest BCUT2D eigenvalue weighted by molar-refractivity contribution is 0.626. The summed E-state index contributed by atoms with van der Waals surface area (Å²) in [5.74, 6) is 0.312. The van der Waals surface area contributed by atoms with Crippen LogP contribution in [-0.2, 0) is 6.42 Å². The van der Waals surface area contributed by atoms with Crippen LogP contribution in [0.15, 0.2) is 24.3 Å². The maximum Gasteiger partial charge on any atom is 0.178 e. The zero-order valence-corrected chi connectivity index (χ0v) is 6.74. The Morgan fingerprint density at radius 3 is 3.00 bits per heavy atom. The first-order chi connectivity index (χ1) is 6.34. The molecule has 0 unspecified atom stereocenters. The normalized spacial score (nSPS) is 10.2. The molecule has 2 aromatic rings. The molecular weight excluding hydrogens is 171 g/mol. The summed E-state index contributed by atoms with van der Waals surface area (Å²) in [7, 11) is 0. The molecule has 5 heteroatoms. The Morgan fingerprint density at radius 1 is 1.38 bits per heavy atom. The summed E-state index contributed by atoms with van der Waals surface area (Å²) in [6, 6.07) is 6.33. The van der Waals surface area contributed by atoms with Crippen molar-refractivity contribution in [3.05, 3.63) is 41.5 Å². The molecule has 1 N–H and O–H groups in total. The summed E-state index contributed by atoms with van der Waals surface area (Å²) >= 11 is 0. The maximum absolute atomic E-state index is 12.7. The molecule has 0 saturated heterocycles. The molecule has 0 spiro atoms. The largest absolute Gasteiger partial charge is 0.207 e. The van der Waals surface area contributed by atoms with E-state index in [-0.39, 0.29) is 5.82 Å². The number of halogens is 1. The van der Waals surface area contributed by atoms with E-state index >= 15 is 0 Å². The number of benzene rings is 1. The monoisotopic (exact) mass is 178 g/mol. The van der Waals surface area contributed by atoms with Crippen LogP contribution in [0.25, 0.3) is 0 Å². The van der Waals surface area contributed by atoms with Gasteiger partial charge < -0.3 is 0 Å². The van der Waals surface area contributed by atoms with Crippen LogP contribution in [-0.4, -0.2) is 20.6 Å². The van der Waals surface area contributed by atoms with Crippen LogP contribution >= 0.6 is 0 Å². The second kappa shape index (κ2) is 3.30. The van der Waals surface area contributed by atoms with Gasteiger partial charge in [0.15, 0.2) is 5.82 Å². The Labute approximate surface area is 73.8 Å². The van der Waals surface area contributed by atoms with Crippen molar-refractivity contribution in [2.24, 2.45) is 0 Å². The van der Waals surface area contributed by atoms with E-state index in [1.54, 1.807) is 6.07 Å². The molecule has 1 aromatic carbocycles. The van der Waals surface area contributed by atoms with Crippen LogP contribution in [0.4, 0.5) is 4.39 Å². The number of nitrogens with zero attached hydrogens (tertiary/aromatic N) is 3. The lowest BCUT2D eigenvalue weighted by Gasteiger charge is -1.95. The molecule has 0 fully saturated rings. The van der Waals surface area contributed by atoms with Crippen molar-refractivity contribution < 1.29 is 4.39 Å². The van der Waals surface area contributed by atoms with Gasteiger partial charge in [0, 0.05) is 6.42 Å². The van der Waals surface area contributed by atoms with Crippen LogP contribution in [0, 0.1) is 5.82 Å². The molecule has 0 radical (unpaired) electrons. The first kappa shape index (κ1) is 7.85. The van der Waals surface area contributed by atoms with Gasteiger partial charge >= 0.3 is 0 Å². The van der Waals surface area contributed by atoms with Crippen molar-refractivity contribution in [1.82, 2.24) is 20.6 Å². The third kappa shape index (κ3) is 1.87. The van der Waals surface area contributed by atoms with Gasteiger partial charge in [0.1, 0.15) is 5.82 Å². The summed E-state index contributed by atoms with van der Waals surface area (Å²) in [6.07, 6.45) is 0.494. The molecule has 0 amide bonds. The Kier molecular flexibility index (Phi) is 1.99. The van der Waals surface area contributed by atoms with E-state index in [9.17, 15) is 4.39 Å². The van der Waals surface area contributed by atoms with Gasteiger partial charge in [-0.15, -0.1) is 10.2 Å². The molecule has 0 aliphatic carbocycles. The fourth-order valence-electron chi connectivity index (χ4n) is 1.09.